The minimum absolute atomic E-state index is 0. The average molecular weight is 763 g/mol. The summed E-state index contributed by atoms with van der Waals surface area (Å²) in [5, 5.41) is 58.1. The second kappa shape index (κ2) is 19.0. The van der Waals surface area contributed by atoms with E-state index in [0.717, 1.165) is 0 Å². The van der Waals surface area contributed by atoms with Crippen LogP contribution in [0.2, 0.25) is 0 Å². The predicted octanol–water partition coefficient (Wildman–Crippen LogP) is 0.717. The molecule has 0 bridgehead atoms. The molecular formula is C38H75BN2O12. The standard InChI is InChI=1S/C38H72N2O12.BH3/c1-15-27-38(10,46)31(42)24(6)40(13)19-20(2)17-36(8,45)33(52-35-29(41)26(39(11)12)16-21(3)48-35)22(4)30(23(5)34(44)50-27)51-28-18-37(9,47-14)32(43)25(7)49-28;/h20-33,35,41-43,45-46H,15-19H2,1-14H3;1H3/t20-,21-,22+,23-,24-,25+,26+,27-,28+,29-,30+,31-,32+,33-,35+,36-,37-,38-;/m1./s1. The Balaban J connectivity index is 0.00000972. The smallest absolute Gasteiger partial charge is 0.311 e. The highest BCUT2D eigenvalue weighted by molar-refractivity contribution is 5.75. The van der Waals surface area contributed by atoms with Gasteiger partial charge in [-0.25, -0.2) is 0 Å². The van der Waals surface area contributed by atoms with Crippen LogP contribution < -0.4 is 0 Å². The highest BCUT2D eigenvalue weighted by atomic mass is 16.7. The van der Waals surface area contributed by atoms with Gasteiger partial charge in [0.15, 0.2) is 12.6 Å². The number of aliphatic hydroxyl groups excluding tert-OH is 3. The van der Waals surface area contributed by atoms with Crippen molar-refractivity contribution in [1.82, 2.24) is 9.80 Å². The van der Waals surface area contributed by atoms with Gasteiger partial charge in [-0.15, -0.1) is 0 Å². The average Bonchev–Trinajstić information content (AvgIpc) is 3.05. The molecule has 5 N–H and O–H groups in total. The van der Waals surface area contributed by atoms with E-state index in [4.69, 9.17) is 28.4 Å². The molecule has 14 nitrogen and oxygen atoms in total. The van der Waals surface area contributed by atoms with Gasteiger partial charge in [0.05, 0.1) is 49.9 Å². The molecular weight excluding hydrogens is 687 g/mol. The van der Waals surface area contributed by atoms with E-state index in [-0.39, 0.29) is 45.7 Å². The summed E-state index contributed by atoms with van der Waals surface area (Å²) in [5.74, 6) is -2.58. The van der Waals surface area contributed by atoms with Gasteiger partial charge >= 0.3 is 5.97 Å². The van der Waals surface area contributed by atoms with Gasteiger partial charge < -0.3 is 63.8 Å². The van der Waals surface area contributed by atoms with E-state index in [1.807, 2.05) is 51.7 Å². The third kappa shape index (κ3) is 10.9. The summed E-state index contributed by atoms with van der Waals surface area (Å²) in [5.41, 5.74) is -4.37. The molecule has 3 aliphatic rings. The molecule has 0 radical (unpaired) electrons. The van der Waals surface area contributed by atoms with Crippen LogP contribution in [0.5, 0.6) is 0 Å². The molecule has 18 atom stereocenters. The number of ether oxygens (including phenoxy) is 6. The van der Waals surface area contributed by atoms with Gasteiger partial charge in [0.2, 0.25) is 0 Å². The molecule has 3 saturated heterocycles. The molecule has 3 heterocycles. The third-order valence-corrected chi connectivity index (χ3v) is 12.2. The quantitative estimate of drug-likeness (QED) is 0.181. The Labute approximate surface area is 320 Å². The second-order valence-electron chi connectivity index (χ2n) is 17.2. The van der Waals surface area contributed by atoms with Crippen molar-refractivity contribution >= 4 is 14.4 Å². The first kappa shape index (κ1) is 48.2. The number of rotatable bonds is 7. The topological polar surface area (TPSA) is 180 Å². The van der Waals surface area contributed by atoms with Crippen LogP contribution >= 0.6 is 0 Å². The number of carbonyl (C=O) groups is 1. The van der Waals surface area contributed by atoms with Crippen LogP contribution in [-0.4, -0.2) is 175 Å². The summed E-state index contributed by atoms with van der Waals surface area (Å²) in [6, 6.07) is -0.808. The number of aliphatic hydroxyl groups is 5. The molecule has 15 heteroatoms. The summed E-state index contributed by atoms with van der Waals surface area (Å²) in [6.45, 7) is 18.0. The SMILES string of the molecule is B.CC[C@H]1OC(=O)[C@H](C)[C@@H](O[C@H]2C[C@@](C)(OC)[C@@H](O)[C@H](C)O2)[C@H](C)[C@@H](O[C@@H]2O[C@H](C)C[C@H](N(C)C)[C@H]2O)[C@](C)(O)C[C@@H](C)CN(C)[C@H](C)[C@@H](O)[C@]1(C)O. The van der Waals surface area contributed by atoms with Gasteiger partial charge in [-0.1, -0.05) is 20.8 Å². The lowest BCUT2D eigenvalue weighted by Crippen LogP contribution is -2.60. The Kier molecular flexibility index (Phi) is 17.3. The van der Waals surface area contributed by atoms with Crippen molar-refractivity contribution in [3.8, 4) is 0 Å². The zero-order chi connectivity index (χ0) is 39.7. The normalized spacial score (nSPS) is 48.7. The van der Waals surface area contributed by atoms with Gasteiger partial charge in [-0.2, -0.15) is 0 Å². The number of nitrogens with zero attached hydrogens (tertiary/aromatic N) is 2. The maximum absolute atomic E-state index is 14.2. The predicted molar refractivity (Wildman–Crippen MR) is 204 cm³/mol. The minimum atomic E-state index is -1.80. The molecule has 3 fully saturated rings. The fourth-order valence-corrected chi connectivity index (χ4v) is 8.74. The Hall–Kier alpha value is -0.945. The van der Waals surface area contributed by atoms with Crippen LogP contribution in [0, 0.1) is 17.8 Å². The van der Waals surface area contributed by atoms with Crippen molar-refractivity contribution in [2.75, 3.05) is 34.8 Å². The Morgan fingerprint density at radius 3 is 2.09 bits per heavy atom. The number of carbonyl (C=O) groups excluding carboxylic acids is 1. The fourth-order valence-electron chi connectivity index (χ4n) is 8.74. The lowest BCUT2D eigenvalue weighted by atomic mass is 9.77. The highest BCUT2D eigenvalue weighted by Crippen LogP contribution is 2.40. The van der Waals surface area contributed by atoms with Gasteiger partial charge in [0, 0.05) is 38.1 Å². The molecule has 0 aliphatic carbocycles. The van der Waals surface area contributed by atoms with Crippen molar-refractivity contribution < 1.29 is 58.7 Å². The van der Waals surface area contributed by atoms with E-state index in [0.29, 0.717) is 13.0 Å². The van der Waals surface area contributed by atoms with Crippen molar-refractivity contribution in [3.05, 3.63) is 0 Å². The minimum Gasteiger partial charge on any atom is -0.459 e. The van der Waals surface area contributed by atoms with Gasteiger partial charge in [0.1, 0.15) is 30.0 Å². The zero-order valence-electron chi connectivity index (χ0n) is 34.2. The first-order valence-electron chi connectivity index (χ1n) is 19.1. The molecule has 0 saturated carbocycles. The summed E-state index contributed by atoms with van der Waals surface area (Å²) in [4.78, 5) is 18.0. The van der Waals surface area contributed by atoms with Crippen LogP contribution in [0.1, 0.15) is 94.9 Å². The molecule has 312 valence electrons. The van der Waals surface area contributed by atoms with E-state index < -0.39 is 96.0 Å². The van der Waals surface area contributed by atoms with E-state index in [9.17, 15) is 30.3 Å². The Bertz CT molecular complexity index is 1150. The molecule has 0 amide bonds. The van der Waals surface area contributed by atoms with Gasteiger partial charge in [-0.05, 0) is 94.8 Å². The molecule has 53 heavy (non-hydrogen) atoms. The largest absolute Gasteiger partial charge is 0.459 e. The Morgan fingerprint density at radius 1 is 0.943 bits per heavy atom. The van der Waals surface area contributed by atoms with Crippen LogP contribution in [0.15, 0.2) is 0 Å². The van der Waals surface area contributed by atoms with Crippen LogP contribution in [-0.2, 0) is 33.2 Å². The first-order chi connectivity index (χ1) is 23.9. The summed E-state index contributed by atoms with van der Waals surface area (Å²) in [6.07, 6.45) is -8.19. The van der Waals surface area contributed by atoms with Crippen LogP contribution in [0.4, 0.5) is 0 Å². The molecule has 0 aromatic heterocycles. The first-order valence-corrected chi connectivity index (χ1v) is 19.1. The number of likely N-dealkylation sites (N-methyl/N-ethyl adjacent to an activating group) is 2. The number of cyclic esters (lactones) is 1. The third-order valence-electron chi connectivity index (χ3n) is 12.2. The number of hydrogen-bond donors (Lipinski definition) is 5. The van der Waals surface area contributed by atoms with E-state index in [2.05, 4.69) is 0 Å². The van der Waals surface area contributed by atoms with Crippen LogP contribution in [0.25, 0.3) is 0 Å². The maximum atomic E-state index is 14.2. The lowest BCUT2D eigenvalue weighted by molar-refractivity contribution is -0.318. The monoisotopic (exact) mass is 763 g/mol. The number of hydrogen-bond acceptors (Lipinski definition) is 14. The molecule has 0 spiro atoms. The van der Waals surface area contributed by atoms with Crippen molar-refractivity contribution in [2.24, 2.45) is 17.8 Å². The van der Waals surface area contributed by atoms with E-state index in [1.165, 1.54) is 14.0 Å². The summed E-state index contributed by atoms with van der Waals surface area (Å²) < 4.78 is 37.5. The molecule has 0 aromatic rings. The summed E-state index contributed by atoms with van der Waals surface area (Å²) in [7, 11) is 7.12. The number of methoxy groups -OCH3 is 1. The van der Waals surface area contributed by atoms with Crippen LogP contribution in [0.3, 0.4) is 0 Å². The zero-order valence-corrected chi connectivity index (χ0v) is 34.2. The lowest BCUT2D eigenvalue weighted by Gasteiger charge is -2.48. The highest BCUT2D eigenvalue weighted by Gasteiger charge is 2.52. The van der Waals surface area contributed by atoms with Gasteiger partial charge in [0.25, 0.3) is 0 Å². The van der Waals surface area contributed by atoms with Crippen molar-refractivity contribution in [1.29, 1.82) is 0 Å². The van der Waals surface area contributed by atoms with E-state index in [1.54, 1.807) is 41.5 Å². The van der Waals surface area contributed by atoms with E-state index >= 15 is 0 Å². The number of esters is 1. The molecule has 3 aliphatic heterocycles. The fraction of sp³-hybridized carbons (Fsp3) is 0.974. The van der Waals surface area contributed by atoms with Crippen molar-refractivity contribution in [2.45, 2.75) is 185 Å². The Morgan fingerprint density at radius 2 is 1.55 bits per heavy atom. The van der Waals surface area contributed by atoms with Crippen molar-refractivity contribution in [3.63, 3.8) is 0 Å². The second-order valence-corrected chi connectivity index (χ2v) is 17.2. The maximum Gasteiger partial charge on any atom is 0.311 e. The van der Waals surface area contributed by atoms with Gasteiger partial charge in [-0.3, -0.25) is 4.79 Å². The molecule has 0 unspecified atom stereocenters. The molecule has 3 rings (SSSR count). The summed E-state index contributed by atoms with van der Waals surface area (Å²) >= 11 is 0. The molecule has 0 aromatic carbocycles.